The molecule has 1 atom stereocenters. The Morgan fingerprint density at radius 3 is 2.73 bits per heavy atom. The molecule has 1 fully saturated rings. The maximum atomic E-state index is 11.2. The largest absolute Gasteiger partial charge is 0.481 e. The van der Waals surface area contributed by atoms with Gasteiger partial charge in [0.1, 0.15) is 0 Å². The van der Waals surface area contributed by atoms with Crippen LogP contribution in [0.3, 0.4) is 0 Å². The molecule has 0 aliphatic heterocycles. The summed E-state index contributed by atoms with van der Waals surface area (Å²) in [6.07, 6.45) is 4.02. The Morgan fingerprint density at radius 2 is 2.40 bits per heavy atom. The van der Waals surface area contributed by atoms with E-state index in [1.165, 1.54) is 0 Å². The van der Waals surface area contributed by atoms with Crippen molar-refractivity contribution in [2.45, 2.75) is 25.3 Å². The van der Waals surface area contributed by atoms with E-state index >= 15 is 0 Å². The van der Waals surface area contributed by atoms with Crippen LogP contribution < -0.4 is 5.73 Å². The molecule has 1 aromatic heterocycles. The van der Waals surface area contributed by atoms with Crippen molar-refractivity contribution < 1.29 is 9.90 Å². The van der Waals surface area contributed by atoms with Crippen molar-refractivity contribution in [3.05, 3.63) is 18.0 Å². The Bertz CT molecular complexity index is 382. The van der Waals surface area contributed by atoms with Gasteiger partial charge in [0, 0.05) is 13.2 Å². The average molecular weight is 209 g/mol. The van der Waals surface area contributed by atoms with Gasteiger partial charge in [0.25, 0.3) is 0 Å². The van der Waals surface area contributed by atoms with Gasteiger partial charge in [0.2, 0.25) is 0 Å². The van der Waals surface area contributed by atoms with E-state index < -0.39 is 17.4 Å². The molecule has 1 saturated carbocycles. The van der Waals surface area contributed by atoms with Crippen LogP contribution in [0.1, 0.15) is 31.0 Å². The summed E-state index contributed by atoms with van der Waals surface area (Å²) in [6.45, 7) is 0. The molecule has 1 unspecified atom stereocenters. The zero-order valence-corrected chi connectivity index (χ0v) is 8.68. The molecule has 0 saturated heterocycles. The minimum atomic E-state index is -0.799. The van der Waals surface area contributed by atoms with E-state index in [1.807, 2.05) is 0 Å². The van der Waals surface area contributed by atoms with Gasteiger partial charge in [-0.05, 0) is 18.9 Å². The van der Waals surface area contributed by atoms with E-state index in [4.69, 9.17) is 5.73 Å². The third kappa shape index (κ3) is 1.43. The number of carboxylic acids is 1. The van der Waals surface area contributed by atoms with Crippen molar-refractivity contribution >= 4 is 5.97 Å². The standard InChI is InChI=1S/C10H15N3O2/c1-13-6-3-7(12-13)8(11)10(9(14)15)4-2-5-10/h3,6,8H,2,4-5,11H2,1H3,(H,14,15). The number of aromatic nitrogens is 2. The zero-order chi connectivity index (χ0) is 11.1. The molecule has 5 nitrogen and oxygen atoms in total. The molecule has 1 aromatic rings. The molecule has 2 rings (SSSR count). The number of carbonyl (C=O) groups is 1. The van der Waals surface area contributed by atoms with Crippen molar-refractivity contribution in [2.24, 2.45) is 18.2 Å². The van der Waals surface area contributed by atoms with Crippen molar-refractivity contribution in [3.8, 4) is 0 Å². The molecule has 1 heterocycles. The molecule has 5 heteroatoms. The van der Waals surface area contributed by atoms with Gasteiger partial charge in [0.15, 0.2) is 0 Å². The summed E-state index contributed by atoms with van der Waals surface area (Å²) < 4.78 is 1.64. The fourth-order valence-corrected chi connectivity index (χ4v) is 2.10. The molecule has 0 bridgehead atoms. The minimum Gasteiger partial charge on any atom is -0.481 e. The number of nitrogens with zero attached hydrogens (tertiary/aromatic N) is 2. The van der Waals surface area contributed by atoms with Gasteiger partial charge in [0.05, 0.1) is 17.2 Å². The first-order valence-electron chi connectivity index (χ1n) is 5.05. The van der Waals surface area contributed by atoms with Crippen LogP contribution in [0.2, 0.25) is 0 Å². The first kappa shape index (κ1) is 10.2. The molecule has 0 aromatic carbocycles. The van der Waals surface area contributed by atoms with Gasteiger partial charge in [-0.2, -0.15) is 5.10 Å². The second-order valence-electron chi connectivity index (χ2n) is 4.21. The molecule has 3 N–H and O–H groups in total. The summed E-state index contributed by atoms with van der Waals surface area (Å²) >= 11 is 0. The molecule has 1 aliphatic rings. The maximum absolute atomic E-state index is 11.2. The highest BCUT2D eigenvalue weighted by atomic mass is 16.4. The Morgan fingerprint density at radius 1 is 1.73 bits per heavy atom. The lowest BCUT2D eigenvalue weighted by Crippen LogP contribution is -2.47. The number of rotatable bonds is 3. The molecule has 0 spiro atoms. The van der Waals surface area contributed by atoms with Crippen LogP contribution in [0.15, 0.2) is 12.3 Å². The monoisotopic (exact) mass is 209 g/mol. The van der Waals surface area contributed by atoms with Crippen LogP contribution >= 0.6 is 0 Å². The summed E-state index contributed by atoms with van der Waals surface area (Å²) in [5, 5.41) is 13.4. The predicted octanol–water partition coefficient (Wildman–Crippen LogP) is 0.675. The number of carboxylic acid groups (broad SMARTS) is 1. The molecule has 15 heavy (non-hydrogen) atoms. The van der Waals surface area contributed by atoms with E-state index in [9.17, 15) is 9.90 Å². The topological polar surface area (TPSA) is 81.1 Å². The van der Waals surface area contributed by atoms with Crippen LogP contribution in [-0.4, -0.2) is 20.9 Å². The molecule has 1 aliphatic carbocycles. The zero-order valence-electron chi connectivity index (χ0n) is 8.68. The Labute approximate surface area is 87.9 Å². The first-order chi connectivity index (χ1) is 7.06. The van der Waals surface area contributed by atoms with Gasteiger partial charge in [-0.25, -0.2) is 0 Å². The normalized spacial score (nSPS) is 20.7. The highest BCUT2D eigenvalue weighted by Gasteiger charge is 2.50. The van der Waals surface area contributed by atoms with Gasteiger partial charge in [-0.1, -0.05) is 6.42 Å². The van der Waals surface area contributed by atoms with Gasteiger partial charge >= 0.3 is 5.97 Å². The molecule has 0 radical (unpaired) electrons. The summed E-state index contributed by atoms with van der Waals surface area (Å²) in [6, 6.07) is 1.29. The highest BCUT2D eigenvalue weighted by molar-refractivity contribution is 5.77. The van der Waals surface area contributed by atoms with E-state index in [0.29, 0.717) is 18.5 Å². The van der Waals surface area contributed by atoms with E-state index in [2.05, 4.69) is 5.10 Å². The van der Waals surface area contributed by atoms with E-state index in [-0.39, 0.29) is 0 Å². The van der Waals surface area contributed by atoms with Crippen molar-refractivity contribution in [3.63, 3.8) is 0 Å². The van der Waals surface area contributed by atoms with Crippen molar-refractivity contribution in [1.82, 2.24) is 9.78 Å². The maximum Gasteiger partial charge on any atom is 0.311 e. The summed E-state index contributed by atoms with van der Waals surface area (Å²) in [5.41, 5.74) is 5.88. The number of nitrogens with two attached hydrogens (primary N) is 1. The summed E-state index contributed by atoms with van der Waals surface area (Å²) in [4.78, 5) is 11.2. The molecular weight excluding hydrogens is 194 g/mol. The third-order valence-corrected chi connectivity index (χ3v) is 3.32. The lowest BCUT2D eigenvalue weighted by molar-refractivity contribution is -0.156. The van der Waals surface area contributed by atoms with Gasteiger partial charge in [-0.3, -0.25) is 9.48 Å². The Kier molecular flexibility index (Phi) is 2.26. The average Bonchev–Trinajstić information content (AvgIpc) is 2.48. The summed E-state index contributed by atoms with van der Waals surface area (Å²) in [5.74, 6) is -0.799. The SMILES string of the molecule is Cn1ccc(C(N)C2(C(=O)O)CCC2)n1. The predicted molar refractivity (Wildman–Crippen MR) is 54.1 cm³/mol. The van der Waals surface area contributed by atoms with Gasteiger partial charge in [-0.15, -0.1) is 0 Å². The fraction of sp³-hybridized carbons (Fsp3) is 0.600. The number of hydrogen-bond donors (Lipinski definition) is 2. The summed E-state index contributed by atoms with van der Waals surface area (Å²) in [7, 11) is 1.80. The fourth-order valence-electron chi connectivity index (χ4n) is 2.10. The minimum absolute atomic E-state index is 0.495. The smallest absolute Gasteiger partial charge is 0.311 e. The molecular formula is C10H15N3O2. The van der Waals surface area contributed by atoms with Crippen LogP contribution in [0, 0.1) is 5.41 Å². The van der Waals surface area contributed by atoms with Crippen molar-refractivity contribution in [2.75, 3.05) is 0 Å². The lowest BCUT2D eigenvalue weighted by Gasteiger charge is -2.41. The Hall–Kier alpha value is -1.36. The number of hydrogen-bond acceptors (Lipinski definition) is 3. The first-order valence-corrected chi connectivity index (χ1v) is 5.05. The second-order valence-corrected chi connectivity index (χ2v) is 4.21. The van der Waals surface area contributed by atoms with Crippen LogP contribution in [0.25, 0.3) is 0 Å². The third-order valence-electron chi connectivity index (χ3n) is 3.32. The van der Waals surface area contributed by atoms with E-state index in [0.717, 1.165) is 6.42 Å². The van der Waals surface area contributed by atoms with Crippen LogP contribution in [0.5, 0.6) is 0 Å². The van der Waals surface area contributed by atoms with Crippen molar-refractivity contribution in [1.29, 1.82) is 0 Å². The second kappa shape index (κ2) is 3.34. The quantitative estimate of drug-likeness (QED) is 0.766. The molecule has 0 amide bonds. The highest BCUT2D eigenvalue weighted by Crippen LogP contribution is 2.48. The van der Waals surface area contributed by atoms with E-state index in [1.54, 1.807) is 24.0 Å². The van der Waals surface area contributed by atoms with Crippen LogP contribution in [0.4, 0.5) is 0 Å². The molecule has 82 valence electrons. The van der Waals surface area contributed by atoms with Gasteiger partial charge < -0.3 is 10.8 Å². The number of aryl methyl sites for hydroxylation is 1. The number of aliphatic carboxylic acids is 1. The Balaban J connectivity index is 2.26. The lowest BCUT2D eigenvalue weighted by atomic mass is 9.63. The van der Waals surface area contributed by atoms with Crippen LogP contribution in [-0.2, 0) is 11.8 Å².